The van der Waals surface area contributed by atoms with E-state index in [0.717, 1.165) is 49.3 Å². The van der Waals surface area contributed by atoms with E-state index in [-0.39, 0.29) is 29.0 Å². The highest BCUT2D eigenvalue weighted by Crippen LogP contribution is 2.63. The first-order chi connectivity index (χ1) is 19.1. The van der Waals surface area contributed by atoms with Crippen LogP contribution in [-0.2, 0) is 16.6 Å². The Kier molecular flexibility index (Phi) is 5.02. The average molecular weight is 525 g/mol. The predicted molar refractivity (Wildman–Crippen MR) is 147 cm³/mol. The number of rotatable bonds is 6. The van der Waals surface area contributed by atoms with E-state index in [1.54, 1.807) is 0 Å². The number of aromatic nitrogens is 1. The van der Waals surface area contributed by atoms with E-state index in [1.807, 2.05) is 30.3 Å². The van der Waals surface area contributed by atoms with Crippen molar-refractivity contribution >= 4 is 28.9 Å². The number of anilines is 1. The Morgan fingerprint density at radius 2 is 2.03 bits per heavy atom. The first kappa shape index (κ1) is 23.3. The van der Waals surface area contributed by atoms with Crippen molar-refractivity contribution in [3.63, 3.8) is 0 Å². The van der Waals surface area contributed by atoms with Gasteiger partial charge in [-0.05, 0) is 74.6 Å². The number of carbonyl (C=O) groups excluding carboxylic acids is 2. The highest BCUT2D eigenvalue weighted by atomic mass is 16.5. The van der Waals surface area contributed by atoms with E-state index in [1.165, 1.54) is 36.6 Å². The van der Waals surface area contributed by atoms with Crippen LogP contribution in [0.2, 0.25) is 0 Å². The largest absolute Gasteiger partial charge is 0.485 e. The molecule has 8 nitrogen and oxygen atoms in total. The second kappa shape index (κ2) is 8.42. The number of H-pyrrole nitrogens is 1. The van der Waals surface area contributed by atoms with Gasteiger partial charge in [-0.15, -0.1) is 0 Å². The third-order valence-electron chi connectivity index (χ3n) is 10.2. The van der Waals surface area contributed by atoms with Crippen LogP contribution in [0.5, 0.6) is 5.75 Å². The monoisotopic (exact) mass is 524 g/mol. The summed E-state index contributed by atoms with van der Waals surface area (Å²) in [4.78, 5) is 43.1. The molecule has 2 aliphatic heterocycles. The smallest absolute Gasteiger partial charge is 0.252 e. The fourth-order valence-corrected chi connectivity index (χ4v) is 8.46. The summed E-state index contributed by atoms with van der Waals surface area (Å²) in [6, 6.07) is 13.2. The Morgan fingerprint density at radius 3 is 2.87 bits per heavy atom. The molecule has 2 aromatic carbocycles. The van der Waals surface area contributed by atoms with Crippen LogP contribution in [0.15, 0.2) is 47.3 Å². The number of carbonyl (C=O) groups is 2. The number of aromatic amines is 1. The lowest BCUT2D eigenvalue weighted by atomic mass is 9.51. The third kappa shape index (κ3) is 3.37. The number of nitrogens with one attached hydrogen (secondary N) is 3. The normalized spacial score (nSPS) is 30.4. The van der Waals surface area contributed by atoms with Gasteiger partial charge in [-0.3, -0.25) is 19.3 Å². The zero-order valence-electron chi connectivity index (χ0n) is 21.7. The zero-order chi connectivity index (χ0) is 26.3. The molecule has 8 rings (SSSR count). The molecule has 3 heterocycles. The van der Waals surface area contributed by atoms with E-state index in [2.05, 4.69) is 26.6 Å². The van der Waals surface area contributed by atoms with E-state index >= 15 is 0 Å². The van der Waals surface area contributed by atoms with Gasteiger partial charge >= 0.3 is 0 Å². The number of ether oxygens (including phenoxy) is 1. The van der Waals surface area contributed by atoms with Gasteiger partial charge in [-0.25, -0.2) is 0 Å². The topological polar surface area (TPSA) is 104 Å². The molecular formula is C31H32N4O4. The third-order valence-corrected chi connectivity index (χ3v) is 10.2. The van der Waals surface area contributed by atoms with Crippen molar-refractivity contribution in [2.24, 2.45) is 11.8 Å². The molecule has 8 heteroatoms. The van der Waals surface area contributed by atoms with Crippen molar-refractivity contribution in [1.29, 1.82) is 0 Å². The molecule has 3 aliphatic carbocycles. The summed E-state index contributed by atoms with van der Waals surface area (Å²) >= 11 is 0. The maximum atomic E-state index is 13.7. The summed E-state index contributed by atoms with van der Waals surface area (Å²) in [6.07, 6.45) is 7.00. The van der Waals surface area contributed by atoms with Gasteiger partial charge in [0.2, 0.25) is 12.0 Å². The standard InChI is InChI=1S/C31H32N4O4/c36-16-32-23-9-7-18-13-25-21-8-10-24(34-30(38)20-14-26(37)33-22-4-2-1-3-19(20)22)29-31(21,27(18)28(23)39-29)11-12-35(25)15-17-5-6-17/h1-4,7,9,14,16-17,21,24-25,29H,5-6,8,10-13,15H2,(H,32,36)(H,33,37)(H,34,38)/t21-,24+,25+,29-,31-/m0/s1. The van der Waals surface area contributed by atoms with Crippen molar-refractivity contribution in [3.05, 3.63) is 69.5 Å². The Morgan fingerprint density at radius 1 is 1.15 bits per heavy atom. The van der Waals surface area contributed by atoms with E-state index in [9.17, 15) is 14.4 Å². The maximum Gasteiger partial charge on any atom is 0.252 e. The van der Waals surface area contributed by atoms with Crippen LogP contribution < -0.4 is 20.9 Å². The zero-order valence-corrected chi connectivity index (χ0v) is 21.7. The van der Waals surface area contributed by atoms with Gasteiger partial charge in [0.15, 0.2) is 0 Å². The van der Waals surface area contributed by atoms with Crippen molar-refractivity contribution in [1.82, 2.24) is 15.2 Å². The number of pyridine rings is 1. The van der Waals surface area contributed by atoms with Crippen LogP contribution >= 0.6 is 0 Å². The molecule has 2 amide bonds. The number of hydrogen-bond acceptors (Lipinski definition) is 5. The van der Waals surface area contributed by atoms with Crippen LogP contribution in [0.3, 0.4) is 0 Å². The minimum atomic E-state index is -0.293. The molecule has 0 unspecified atom stereocenters. The van der Waals surface area contributed by atoms with Crippen LogP contribution in [0, 0.1) is 11.8 Å². The molecule has 2 saturated carbocycles. The summed E-state index contributed by atoms with van der Waals surface area (Å²) in [5.74, 6) is 1.82. The second-order valence-electron chi connectivity index (χ2n) is 12.1. The Hall–Kier alpha value is -3.65. The molecule has 0 radical (unpaired) electrons. The summed E-state index contributed by atoms with van der Waals surface area (Å²) in [5, 5.41) is 6.90. The van der Waals surface area contributed by atoms with E-state index < -0.39 is 0 Å². The van der Waals surface area contributed by atoms with Crippen molar-refractivity contribution < 1.29 is 14.3 Å². The second-order valence-corrected chi connectivity index (χ2v) is 12.1. The number of benzene rings is 2. The molecule has 3 N–H and O–H groups in total. The summed E-state index contributed by atoms with van der Waals surface area (Å²) in [6.45, 7) is 2.21. The Labute approximate surface area is 226 Å². The van der Waals surface area contributed by atoms with Gasteiger partial charge in [0.1, 0.15) is 11.9 Å². The van der Waals surface area contributed by atoms with Crippen molar-refractivity contribution in [2.45, 2.75) is 62.1 Å². The summed E-state index contributed by atoms with van der Waals surface area (Å²) in [5.41, 5.74) is 3.82. The lowest BCUT2D eigenvalue weighted by molar-refractivity contribution is -0.105. The molecule has 3 aromatic rings. The van der Waals surface area contributed by atoms with E-state index in [4.69, 9.17) is 4.74 Å². The highest BCUT2D eigenvalue weighted by Gasteiger charge is 2.66. The molecule has 200 valence electrons. The van der Waals surface area contributed by atoms with Crippen molar-refractivity contribution in [2.75, 3.05) is 18.4 Å². The fraction of sp³-hybridized carbons (Fsp3) is 0.452. The first-order valence-corrected chi connectivity index (χ1v) is 14.3. The van der Waals surface area contributed by atoms with Crippen LogP contribution in [0.25, 0.3) is 10.9 Å². The minimum Gasteiger partial charge on any atom is -0.485 e. The molecular weight excluding hydrogens is 492 g/mol. The van der Waals surface area contributed by atoms with Gasteiger partial charge in [0, 0.05) is 40.5 Å². The highest BCUT2D eigenvalue weighted by molar-refractivity contribution is 6.06. The lowest BCUT2D eigenvalue weighted by Gasteiger charge is -2.59. The number of amides is 2. The molecule has 1 aromatic heterocycles. The van der Waals surface area contributed by atoms with Gasteiger partial charge in [0.05, 0.1) is 17.3 Å². The summed E-state index contributed by atoms with van der Waals surface area (Å²) < 4.78 is 6.83. The predicted octanol–water partition coefficient (Wildman–Crippen LogP) is 3.34. The van der Waals surface area contributed by atoms with Crippen LogP contribution in [0.1, 0.15) is 53.6 Å². The number of piperidine rings is 1. The lowest BCUT2D eigenvalue weighted by Crippen LogP contribution is -2.69. The van der Waals surface area contributed by atoms with Crippen molar-refractivity contribution in [3.8, 4) is 5.75 Å². The minimum absolute atomic E-state index is 0.194. The van der Waals surface area contributed by atoms with Gasteiger partial charge in [-0.2, -0.15) is 0 Å². The number of nitrogens with zero attached hydrogens (tertiary/aromatic N) is 1. The molecule has 1 spiro atoms. The van der Waals surface area contributed by atoms with E-state index in [0.29, 0.717) is 35.1 Å². The molecule has 39 heavy (non-hydrogen) atoms. The molecule has 5 aliphatic rings. The number of likely N-dealkylation sites (tertiary alicyclic amines) is 1. The Bertz CT molecular complexity index is 1580. The quantitative estimate of drug-likeness (QED) is 0.429. The number of para-hydroxylation sites is 1. The molecule has 3 fully saturated rings. The Balaban J connectivity index is 1.19. The SMILES string of the molecule is O=CNc1ccc2c3c1O[C@H]1[C@H](NC(=O)c4cc(=O)[nH]c5ccccc45)CC[C@H]4[C@@H](C2)N(CC2CC2)CC[C@@]341. The van der Waals surface area contributed by atoms with Gasteiger partial charge in [0.25, 0.3) is 5.91 Å². The van der Waals surface area contributed by atoms with Crippen LogP contribution in [-0.4, -0.2) is 53.5 Å². The first-order valence-electron chi connectivity index (χ1n) is 14.3. The average Bonchev–Trinajstić information content (AvgIpc) is 3.69. The maximum absolute atomic E-state index is 13.7. The van der Waals surface area contributed by atoms with Crippen LogP contribution in [0.4, 0.5) is 5.69 Å². The number of hydrogen-bond donors (Lipinski definition) is 3. The fourth-order valence-electron chi connectivity index (χ4n) is 8.46. The molecule has 1 saturated heterocycles. The van der Waals surface area contributed by atoms with Gasteiger partial charge in [-0.1, -0.05) is 24.3 Å². The number of fused-ring (bicyclic) bond motifs is 1. The summed E-state index contributed by atoms with van der Waals surface area (Å²) in [7, 11) is 0. The molecule has 2 bridgehead atoms. The molecule has 5 atom stereocenters. The van der Waals surface area contributed by atoms with Gasteiger partial charge < -0.3 is 20.4 Å².